The third-order valence-electron chi connectivity index (χ3n) is 2.59. The predicted molar refractivity (Wildman–Crippen MR) is 56.0 cm³/mol. The van der Waals surface area contributed by atoms with E-state index in [1.807, 2.05) is 31.2 Å². The second-order valence-electron chi connectivity index (χ2n) is 3.74. The van der Waals surface area contributed by atoms with Crippen LogP contribution in [0.15, 0.2) is 24.3 Å². The molecule has 3 nitrogen and oxygen atoms in total. The van der Waals surface area contributed by atoms with Crippen LogP contribution in [-0.4, -0.2) is 18.6 Å². The number of rotatable bonds is 2. The Morgan fingerprint density at radius 3 is 2.64 bits per heavy atom. The first-order valence-corrected chi connectivity index (χ1v) is 4.72. The summed E-state index contributed by atoms with van der Waals surface area (Å²) >= 11 is 0. The van der Waals surface area contributed by atoms with Crippen LogP contribution in [0.1, 0.15) is 5.56 Å². The highest BCUT2D eigenvalue weighted by atomic mass is 15.1. The molecule has 1 aromatic rings. The quantitative estimate of drug-likeness (QED) is 0.733. The Bertz CT molecular complexity index is 374. The molecule has 2 N–H and O–H groups in total. The molecule has 1 saturated heterocycles. The van der Waals surface area contributed by atoms with E-state index in [-0.39, 0.29) is 0 Å². The maximum absolute atomic E-state index is 9.04. The molecule has 1 aliphatic heterocycles. The van der Waals surface area contributed by atoms with E-state index in [0.29, 0.717) is 0 Å². The number of nitrogens with one attached hydrogen (secondary N) is 2. The maximum Gasteiger partial charge on any atom is 0.150 e. The van der Waals surface area contributed by atoms with Crippen LogP contribution in [0.2, 0.25) is 0 Å². The lowest BCUT2D eigenvalue weighted by Gasteiger charge is -2.38. The number of anilines is 1. The van der Waals surface area contributed by atoms with Crippen molar-refractivity contribution in [2.24, 2.45) is 0 Å². The molecule has 1 aliphatic rings. The van der Waals surface area contributed by atoms with Crippen molar-refractivity contribution in [2.45, 2.75) is 12.5 Å². The van der Waals surface area contributed by atoms with Gasteiger partial charge in [0, 0.05) is 18.8 Å². The lowest BCUT2D eigenvalue weighted by molar-refractivity contribution is 0.387. The van der Waals surface area contributed by atoms with E-state index in [4.69, 9.17) is 5.26 Å². The Kier molecular flexibility index (Phi) is 2.14. The van der Waals surface area contributed by atoms with E-state index >= 15 is 0 Å². The summed E-state index contributed by atoms with van der Waals surface area (Å²) in [5, 5.41) is 15.4. The van der Waals surface area contributed by atoms with Crippen LogP contribution in [0.25, 0.3) is 0 Å². The van der Waals surface area contributed by atoms with Gasteiger partial charge in [-0.1, -0.05) is 18.2 Å². The Morgan fingerprint density at radius 1 is 1.43 bits per heavy atom. The Hall–Kier alpha value is -1.53. The lowest BCUT2D eigenvalue weighted by atomic mass is 9.93. The summed E-state index contributed by atoms with van der Waals surface area (Å²) in [6.45, 7) is 3.48. The van der Waals surface area contributed by atoms with E-state index < -0.39 is 5.54 Å². The van der Waals surface area contributed by atoms with Crippen LogP contribution in [0.5, 0.6) is 0 Å². The third-order valence-corrected chi connectivity index (χ3v) is 2.59. The van der Waals surface area contributed by atoms with E-state index in [1.54, 1.807) is 0 Å². The Labute approximate surface area is 83.7 Å². The van der Waals surface area contributed by atoms with Gasteiger partial charge in [-0.2, -0.15) is 5.26 Å². The molecular weight excluding hydrogens is 174 g/mol. The predicted octanol–water partition coefficient (Wildman–Crippen LogP) is 1.27. The van der Waals surface area contributed by atoms with Crippen LogP contribution in [0.3, 0.4) is 0 Å². The fourth-order valence-corrected chi connectivity index (χ4v) is 1.54. The fraction of sp³-hybridized carbons (Fsp3) is 0.364. The largest absolute Gasteiger partial charge is 0.365 e. The fourth-order valence-electron chi connectivity index (χ4n) is 1.54. The van der Waals surface area contributed by atoms with Crippen LogP contribution >= 0.6 is 0 Å². The number of benzene rings is 1. The number of aryl methyl sites for hydroxylation is 1. The first kappa shape index (κ1) is 9.04. The number of para-hydroxylation sites is 1. The molecule has 72 valence electrons. The molecule has 0 bridgehead atoms. The molecule has 0 aliphatic carbocycles. The van der Waals surface area contributed by atoms with Gasteiger partial charge in [0.25, 0.3) is 0 Å². The zero-order chi connectivity index (χ0) is 10.0. The Balaban J connectivity index is 2.19. The van der Waals surface area contributed by atoms with Crippen molar-refractivity contribution in [1.29, 1.82) is 5.26 Å². The smallest absolute Gasteiger partial charge is 0.150 e. The van der Waals surface area contributed by atoms with E-state index in [2.05, 4.69) is 16.7 Å². The highest BCUT2D eigenvalue weighted by Gasteiger charge is 2.37. The molecule has 1 fully saturated rings. The Morgan fingerprint density at radius 2 is 2.14 bits per heavy atom. The van der Waals surface area contributed by atoms with Gasteiger partial charge in [-0.05, 0) is 18.6 Å². The van der Waals surface area contributed by atoms with Crippen LogP contribution in [-0.2, 0) is 0 Å². The molecule has 0 spiro atoms. The van der Waals surface area contributed by atoms with Gasteiger partial charge in [-0.3, -0.25) is 0 Å². The summed E-state index contributed by atoms with van der Waals surface area (Å²) in [6, 6.07) is 10.3. The van der Waals surface area contributed by atoms with Gasteiger partial charge in [0.2, 0.25) is 0 Å². The van der Waals surface area contributed by atoms with E-state index in [1.165, 1.54) is 5.56 Å². The van der Waals surface area contributed by atoms with Gasteiger partial charge < -0.3 is 10.6 Å². The summed E-state index contributed by atoms with van der Waals surface area (Å²) in [6.07, 6.45) is 0. The van der Waals surface area contributed by atoms with Gasteiger partial charge in [0.05, 0.1) is 6.07 Å². The second kappa shape index (κ2) is 3.32. The summed E-state index contributed by atoms with van der Waals surface area (Å²) in [7, 11) is 0. The minimum absolute atomic E-state index is 0.397. The van der Waals surface area contributed by atoms with Crippen LogP contribution in [0, 0.1) is 18.3 Å². The summed E-state index contributed by atoms with van der Waals surface area (Å²) in [4.78, 5) is 0. The van der Waals surface area contributed by atoms with Crippen molar-refractivity contribution in [1.82, 2.24) is 5.32 Å². The first-order chi connectivity index (χ1) is 6.76. The third kappa shape index (κ3) is 1.45. The number of nitrogens with zero attached hydrogens (tertiary/aromatic N) is 1. The van der Waals surface area contributed by atoms with Gasteiger partial charge in [-0.25, -0.2) is 0 Å². The molecule has 0 radical (unpaired) electrons. The average molecular weight is 187 g/mol. The van der Waals surface area contributed by atoms with Gasteiger partial charge in [0.1, 0.15) is 5.54 Å². The molecule has 2 rings (SSSR count). The zero-order valence-corrected chi connectivity index (χ0v) is 8.17. The van der Waals surface area contributed by atoms with Gasteiger partial charge >= 0.3 is 0 Å². The molecule has 14 heavy (non-hydrogen) atoms. The van der Waals surface area contributed by atoms with Crippen molar-refractivity contribution in [2.75, 3.05) is 18.4 Å². The normalized spacial score (nSPS) is 18.0. The first-order valence-electron chi connectivity index (χ1n) is 4.72. The van der Waals surface area contributed by atoms with Crippen LogP contribution < -0.4 is 10.6 Å². The van der Waals surface area contributed by atoms with Crippen molar-refractivity contribution >= 4 is 5.69 Å². The number of hydrogen-bond acceptors (Lipinski definition) is 3. The molecule has 0 amide bonds. The maximum atomic E-state index is 9.04. The molecule has 1 heterocycles. The second-order valence-corrected chi connectivity index (χ2v) is 3.74. The summed E-state index contributed by atoms with van der Waals surface area (Å²) < 4.78 is 0. The highest BCUT2D eigenvalue weighted by molar-refractivity contribution is 5.54. The highest BCUT2D eigenvalue weighted by Crippen LogP contribution is 2.21. The molecule has 0 saturated carbocycles. The molecule has 1 aromatic carbocycles. The summed E-state index contributed by atoms with van der Waals surface area (Å²) in [5.41, 5.74) is 1.83. The molecule has 0 atom stereocenters. The molecule has 0 unspecified atom stereocenters. The SMILES string of the molecule is Cc1ccccc1NC1(C#N)CNC1. The molecule has 3 heteroatoms. The summed E-state index contributed by atoms with van der Waals surface area (Å²) in [5.74, 6) is 0. The minimum Gasteiger partial charge on any atom is -0.365 e. The van der Waals surface area contributed by atoms with E-state index in [0.717, 1.165) is 18.8 Å². The van der Waals surface area contributed by atoms with Gasteiger partial charge in [-0.15, -0.1) is 0 Å². The molecule has 0 aromatic heterocycles. The topological polar surface area (TPSA) is 47.9 Å². The van der Waals surface area contributed by atoms with Crippen molar-refractivity contribution in [3.8, 4) is 6.07 Å². The number of hydrogen-bond donors (Lipinski definition) is 2. The monoisotopic (exact) mass is 187 g/mol. The van der Waals surface area contributed by atoms with Crippen molar-refractivity contribution < 1.29 is 0 Å². The average Bonchev–Trinajstić information content (AvgIpc) is 2.14. The molecular formula is C11H13N3. The van der Waals surface area contributed by atoms with Crippen LogP contribution in [0.4, 0.5) is 5.69 Å². The lowest BCUT2D eigenvalue weighted by Crippen LogP contribution is -2.63. The standard InChI is InChI=1S/C11H13N3/c1-9-4-2-3-5-10(9)14-11(6-12)7-13-8-11/h2-5,13-14H,7-8H2,1H3. The van der Waals surface area contributed by atoms with E-state index in [9.17, 15) is 0 Å². The van der Waals surface area contributed by atoms with Crippen molar-refractivity contribution in [3.63, 3.8) is 0 Å². The van der Waals surface area contributed by atoms with Crippen molar-refractivity contribution in [3.05, 3.63) is 29.8 Å². The van der Waals surface area contributed by atoms with Gasteiger partial charge in [0.15, 0.2) is 0 Å². The zero-order valence-electron chi connectivity index (χ0n) is 8.17. The number of nitriles is 1. The minimum atomic E-state index is -0.397.